The Labute approximate surface area is 98.9 Å². The van der Waals surface area contributed by atoms with Gasteiger partial charge in [-0.3, -0.25) is 0 Å². The van der Waals surface area contributed by atoms with Crippen molar-refractivity contribution in [2.24, 2.45) is 5.92 Å². The molecule has 0 bridgehead atoms. The zero-order valence-corrected chi connectivity index (χ0v) is 10.8. The Morgan fingerprint density at radius 2 is 1.94 bits per heavy atom. The van der Waals surface area contributed by atoms with Gasteiger partial charge in [0.15, 0.2) is 0 Å². The highest BCUT2D eigenvalue weighted by Gasteiger charge is 2.15. The molecule has 0 saturated heterocycles. The molecule has 0 fully saturated rings. The normalized spacial score (nSPS) is 14.6. The molecule has 0 aliphatic rings. The number of rotatable bonds is 5. The van der Waals surface area contributed by atoms with E-state index in [0.717, 1.165) is 6.42 Å². The molecule has 2 unspecified atom stereocenters. The minimum Gasteiger partial charge on any atom is -0.391 e. The molecule has 1 rings (SSSR count). The van der Waals surface area contributed by atoms with Crippen LogP contribution in [0.4, 0.5) is 5.69 Å². The van der Waals surface area contributed by atoms with Crippen molar-refractivity contribution in [3.8, 4) is 0 Å². The van der Waals surface area contributed by atoms with Crippen molar-refractivity contribution >= 4 is 5.69 Å². The van der Waals surface area contributed by atoms with E-state index in [1.807, 2.05) is 19.2 Å². The minimum atomic E-state index is -0.255. The molecular weight excluding hydrogens is 198 g/mol. The van der Waals surface area contributed by atoms with Crippen LogP contribution >= 0.6 is 0 Å². The highest BCUT2D eigenvalue weighted by Crippen LogP contribution is 2.19. The molecule has 0 heterocycles. The van der Waals surface area contributed by atoms with Crippen LogP contribution in [-0.4, -0.2) is 24.8 Å². The zero-order valence-electron chi connectivity index (χ0n) is 10.8. The summed E-state index contributed by atoms with van der Waals surface area (Å²) in [7, 11) is 2.04. The first-order chi connectivity index (χ1) is 7.56. The van der Waals surface area contributed by atoms with Crippen molar-refractivity contribution in [3.05, 3.63) is 29.8 Å². The van der Waals surface area contributed by atoms with Gasteiger partial charge in [-0.15, -0.1) is 0 Å². The van der Waals surface area contributed by atoms with Gasteiger partial charge in [-0.25, -0.2) is 0 Å². The molecule has 0 aliphatic heterocycles. The van der Waals surface area contributed by atoms with Crippen molar-refractivity contribution in [3.63, 3.8) is 0 Å². The lowest BCUT2D eigenvalue weighted by atomic mass is 10.0. The number of aryl methyl sites for hydroxylation is 1. The highest BCUT2D eigenvalue weighted by atomic mass is 16.3. The highest BCUT2D eigenvalue weighted by molar-refractivity contribution is 5.52. The van der Waals surface area contributed by atoms with E-state index in [0.29, 0.717) is 12.5 Å². The molecule has 2 atom stereocenters. The average molecular weight is 221 g/mol. The molecular formula is C14H23NO. The largest absolute Gasteiger partial charge is 0.391 e. The predicted molar refractivity (Wildman–Crippen MR) is 69.9 cm³/mol. The second-order valence-corrected chi connectivity index (χ2v) is 4.62. The Morgan fingerprint density at radius 3 is 2.50 bits per heavy atom. The van der Waals surface area contributed by atoms with E-state index < -0.39 is 0 Å². The zero-order chi connectivity index (χ0) is 12.1. The van der Waals surface area contributed by atoms with Crippen LogP contribution in [0.3, 0.4) is 0 Å². The van der Waals surface area contributed by atoms with Crippen LogP contribution in [0.5, 0.6) is 0 Å². The van der Waals surface area contributed by atoms with E-state index >= 15 is 0 Å². The molecule has 1 aromatic carbocycles. The van der Waals surface area contributed by atoms with E-state index in [1.165, 1.54) is 11.3 Å². The number of aliphatic hydroxyl groups is 1. The fourth-order valence-electron chi connectivity index (χ4n) is 1.82. The smallest absolute Gasteiger partial charge is 0.0740 e. The summed E-state index contributed by atoms with van der Waals surface area (Å²) < 4.78 is 0. The van der Waals surface area contributed by atoms with Crippen LogP contribution in [0, 0.1) is 12.8 Å². The Bertz CT molecular complexity index is 324. The molecule has 1 N–H and O–H groups in total. The average Bonchev–Trinajstić information content (AvgIpc) is 2.28. The standard InChI is InChI=1S/C14H23NO/c1-5-11(2)14(16)10-15(4)13-9-7-6-8-12(13)3/h6-9,11,14,16H,5,10H2,1-4H3. The van der Waals surface area contributed by atoms with Crippen molar-refractivity contribution in [2.75, 3.05) is 18.5 Å². The van der Waals surface area contributed by atoms with Gasteiger partial charge in [0.1, 0.15) is 0 Å². The van der Waals surface area contributed by atoms with Crippen molar-refractivity contribution in [2.45, 2.75) is 33.3 Å². The monoisotopic (exact) mass is 221 g/mol. The third-order valence-electron chi connectivity index (χ3n) is 3.29. The first-order valence-electron chi connectivity index (χ1n) is 6.01. The number of nitrogens with zero attached hydrogens (tertiary/aromatic N) is 1. The molecule has 2 heteroatoms. The minimum absolute atomic E-state index is 0.255. The molecule has 90 valence electrons. The first-order valence-corrected chi connectivity index (χ1v) is 6.01. The van der Waals surface area contributed by atoms with Gasteiger partial charge in [-0.2, -0.15) is 0 Å². The number of likely N-dealkylation sites (N-methyl/N-ethyl adjacent to an activating group) is 1. The van der Waals surface area contributed by atoms with Crippen LogP contribution in [0.1, 0.15) is 25.8 Å². The van der Waals surface area contributed by atoms with Crippen LogP contribution in [-0.2, 0) is 0 Å². The lowest BCUT2D eigenvalue weighted by Gasteiger charge is -2.27. The molecule has 0 aromatic heterocycles. The summed E-state index contributed by atoms with van der Waals surface area (Å²) in [5.74, 6) is 0.353. The maximum Gasteiger partial charge on any atom is 0.0740 e. The predicted octanol–water partition coefficient (Wildman–Crippen LogP) is 2.84. The van der Waals surface area contributed by atoms with Gasteiger partial charge < -0.3 is 10.0 Å². The number of hydrogen-bond donors (Lipinski definition) is 1. The molecule has 0 saturated carbocycles. The summed E-state index contributed by atoms with van der Waals surface area (Å²) in [4.78, 5) is 2.13. The Hall–Kier alpha value is -1.02. The summed E-state index contributed by atoms with van der Waals surface area (Å²) in [5, 5.41) is 10.00. The van der Waals surface area contributed by atoms with E-state index in [1.54, 1.807) is 0 Å². The Balaban J connectivity index is 2.65. The maximum atomic E-state index is 10.00. The quantitative estimate of drug-likeness (QED) is 0.826. The van der Waals surface area contributed by atoms with Crippen molar-refractivity contribution < 1.29 is 5.11 Å². The number of hydrogen-bond acceptors (Lipinski definition) is 2. The van der Waals surface area contributed by atoms with Gasteiger partial charge in [0.05, 0.1) is 6.10 Å². The van der Waals surface area contributed by atoms with Gasteiger partial charge in [0.2, 0.25) is 0 Å². The summed E-state index contributed by atoms with van der Waals surface area (Å²) in [6.45, 7) is 7.00. The van der Waals surface area contributed by atoms with Crippen molar-refractivity contribution in [1.29, 1.82) is 0 Å². The number of para-hydroxylation sites is 1. The lowest BCUT2D eigenvalue weighted by Crippen LogP contribution is -2.33. The fourth-order valence-corrected chi connectivity index (χ4v) is 1.82. The van der Waals surface area contributed by atoms with E-state index in [2.05, 4.69) is 37.8 Å². The van der Waals surface area contributed by atoms with Gasteiger partial charge in [-0.05, 0) is 24.5 Å². The molecule has 0 spiro atoms. The lowest BCUT2D eigenvalue weighted by molar-refractivity contribution is 0.121. The molecule has 16 heavy (non-hydrogen) atoms. The topological polar surface area (TPSA) is 23.5 Å². The third kappa shape index (κ3) is 3.24. The molecule has 0 radical (unpaired) electrons. The summed E-state index contributed by atoms with van der Waals surface area (Å²) >= 11 is 0. The first kappa shape index (κ1) is 13.0. The van der Waals surface area contributed by atoms with Crippen LogP contribution < -0.4 is 4.90 Å². The molecule has 0 amide bonds. The fraction of sp³-hybridized carbons (Fsp3) is 0.571. The van der Waals surface area contributed by atoms with Crippen molar-refractivity contribution in [1.82, 2.24) is 0 Å². The Morgan fingerprint density at radius 1 is 1.31 bits per heavy atom. The number of anilines is 1. The van der Waals surface area contributed by atoms with Gasteiger partial charge in [0.25, 0.3) is 0 Å². The SMILES string of the molecule is CCC(C)C(O)CN(C)c1ccccc1C. The number of benzene rings is 1. The van der Waals surface area contributed by atoms with Gasteiger partial charge in [-0.1, -0.05) is 38.5 Å². The molecule has 2 nitrogen and oxygen atoms in total. The van der Waals surface area contributed by atoms with Gasteiger partial charge in [0, 0.05) is 19.3 Å². The number of aliphatic hydroxyl groups excluding tert-OH is 1. The maximum absolute atomic E-state index is 10.00. The van der Waals surface area contributed by atoms with Gasteiger partial charge >= 0.3 is 0 Å². The third-order valence-corrected chi connectivity index (χ3v) is 3.29. The van der Waals surface area contributed by atoms with E-state index in [4.69, 9.17) is 0 Å². The second-order valence-electron chi connectivity index (χ2n) is 4.62. The summed E-state index contributed by atoms with van der Waals surface area (Å²) in [6.07, 6.45) is 0.762. The van der Waals surface area contributed by atoms with E-state index in [9.17, 15) is 5.11 Å². The summed E-state index contributed by atoms with van der Waals surface area (Å²) in [6, 6.07) is 8.27. The second kappa shape index (κ2) is 5.90. The van der Waals surface area contributed by atoms with Crippen LogP contribution in [0.2, 0.25) is 0 Å². The van der Waals surface area contributed by atoms with Crippen LogP contribution in [0.15, 0.2) is 24.3 Å². The molecule has 0 aliphatic carbocycles. The van der Waals surface area contributed by atoms with Crippen LogP contribution in [0.25, 0.3) is 0 Å². The Kier molecular flexibility index (Phi) is 4.81. The molecule has 1 aromatic rings. The van der Waals surface area contributed by atoms with E-state index in [-0.39, 0.29) is 6.10 Å². The summed E-state index contributed by atoms with van der Waals surface area (Å²) in [5.41, 5.74) is 2.45.